The summed E-state index contributed by atoms with van der Waals surface area (Å²) >= 11 is 6.15. The summed E-state index contributed by atoms with van der Waals surface area (Å²) in [7, 11) is -3.30. The van der Waals surface area contributed by atoms with E-state index in [2.05, 4.69) is 20.3 Å². The third-order valence-corrected chi connectivity index (χ3v) is 4.76. The zero-order valence-corrected chi connectivity index (χ0v) is 21.0. The first-order valence-corrected chi connectivity index (χ1v) is 11.3. The van der Waals surface area contributed by atoms with E-state index in [1.165, 1.54) is 0 Å². The van der Waals surface area contributed by atoms with E-state index in [0.29, 0.717) is 29.8 Å². The smallest absolute Gasteiger partial charge is 0.209 e. The van der Waals surface area contributed by atoms with E-state index in [4.69, 9.17) is 16.3 Å². The van der Waals surface area contributed by atoms with Crippen molar-refractivity contribution < 1.29 is 13.2 Å². The van der Waals surface area contributed by atoms with Gasteiger partial charge in [0.05, 0.1) is 24.4 Å². The normalized spacial score (nSPS) is 13.4. The van der Waals surface area contributed by atoms with Crippen LogP contribution in [0.4, 0.5) is 0 Å². The molecule has 0 aliphatic rings. The molecule has 1 rings (SSSR count). The topological polar surface area (TPSA) is 91.8 Å². The molecule has 28 heavy (non-hydrogen) atoms. The molecule has 0 aliphatic carbocycles. The lowest BCUT2D eigenvalue weighted by Crippen LogP contribution is -2.47. The Kier molecular flexibility index (Phi) is 12.4. The highest BCUT2D eigenvalue weighted by molar-refractivity contribution is 14.0. The second kappa shape index (κ2) is 12.7. The maximum absolute atomic E-state index is 11.5. The lowest BCUT2D eigenvalue weighted by Gasteiger charge is -2.24. The molecule has 3 N–H and O–H groups in total. The van der Waals surface area contributed by atoms with Crippen LogP contribution in [-0.2, 0) is 10.0 Å². The average molecular weight is 547 g/mol. The van der Waals surface area contributed by atoms with E-state index in [1.807, 2.05) is 32.0 Å². The van der Waals surface area contributed by atoms with Gasteiger partial charge in [-0.3, -0.25) is 4.99 Å². The van der Waals surface area contributed by atoms with Gasteiger partial charge in [-0.25, -0.2) is 13.1 Å². The summed E-state index contributed by atoms with van der Waals surface area (Å²) < 4.78 is 31.5. The molecule has 0 aliphatic heterocycles. The van der Waals surface area contributed by atoms with Crippen LogP contribution in [0.15, 0.2) is 29.3 Å². The van der Waals surface area contributed by atoms with Crippen molar-refractivity contribution in [3.8, 4) is 5.75 Å². The number of hydrogen-bond acceptors (Lipinski definition) is 4. The number of hydrogen-bond donors (Lipinski definition) is 3. The molecule has 7 nitrogen and oxygen atoms in total. The summed E-state index contributed by atoms with van der Waals surface area (Å²) in [4.78, 5) is 4.49. The molecule has 0 bridgehead atoms. The summed E-state index contributed by atoms with van der Waals surface area (Å²) in [5.41, 5.74) is -0.686. The maximum Gasteiger partial charge on any atom is 0.209 e. The van der Waals surface area contributed by atoms with Crippen LogP contribution >= 0.6 is 35.6 Å². The molecule has 0 spiro atoms. The van der Waals surface area contributed by atoms with Crippen molar-refractivity contribution >= 4 is 51.6 Å². The van der Waals surface area contributed by atoms with Gasteiger partial charge >= 0.3 is 0 Å². The molecule has 10 heteroatoms. The van der Waals surface area contributed by atoms with Gasteiger partial charge < -0.3 is 15.4 Å². The first kappa shape index (κ1) is 27.2. The van der Waals surface area contributed by atoms with Crippen molar-refractivity contribution in [1.82, 2.24) is 15.4 Å². The molecule has 0 fully saturated rings. The van der Waals surface area contributed by atoms with Gasteiger partial charge in [0.2, 0.25) is 10.0 Å². The van der Waals surface area contributed by atoms with Gasteiger partial charge in [0.25, 0.3) is 0 Å². The largest absolute Gasteiger partial charge is 0.487 e. The summed E-state index contributed by atoms with van der Waals surface area (Å²) in [5, 5.41) is 6.97. The molecular formula is C18H32ClIN4O3S. The van der Waals surface area contributed by atoms with Crippen molar-refractivity contribution in [3.63, 3.8) is 0 Å². The fourth-order valence-electron chi connectivity index (χ4n) is 2.35. The first-order chi connectivity index (χ1) is 12.6. The van der Waals surface area contributed by atoms with E-state index in [1.54, 1.807) is 19.9 Å². The predicted molar refractivity (Wildman–Crippen MR) is 128 cm³/mol. The SMILES string of the molecule is CCNC(=NCC(C)(C)NS(C)(=O)=O)NCC(CC)Oc1ccccc1Cl.I. The molecule has 1 atom stereocenters. The summed E-state index contributed by atoms with van der Waals surface area (Å²) in [6, 6.07) is 7.36. The molecule has 0 heterocycles. The minimum atomic E-state index is -3.30. The zero-order valence-electron chi connectivity index (χ0n) is 17.1. The molecule has 0 radical (unpaired) electrons. The maximum atomic E-state index is 11.5. The van der Waals surface area contributed by atoms with Crippen LogP contribution < -0.4 is 20.1 Å². The fourth-order valence-corrected chi connectivity index (χ4v) is 3.60. The average Bonchev–Trinajstić information content (AvgIpc) is 2.55. The third-order valence-electron chi connectivity index (χ3n) is 3.52. The monoisotopic (exact) mass is 546 g/mol. The Morgan fingerprint density at radius 3 is 2.43 bits per heavy atom. The third kappa shape index (κ3) is 11.3. The van der Waals surface area contributed by atoms with Gasteiger partial charge in [-0.2, -0.15) is 0 Å². The molecule has 1 aromatic carbocycles. The predicted octanol–water partition coefficient (Wildman–Crippen LogP) is 3.00. The van der Waals surface area contributed by atoms with Crippen LogP contribution in [0.3, 0.4) is 0 Å². The summed E-state index contributed by atoms with van der Waals surface area (Å²) in [5.74, 6) is 1.25. The van der Waals surface area contributed by atoms with E-state index < -0.39 is 15.6 Å². The lowest BCUT2D eigenvalue weighted by atomic mass is 10.1. The van der Waals surface area contributed by atoms with Crippen LogP contribution in [0.1, 0.15) is 34.1 Å². The number of benzene rings is 1. The van der Waals surface area contributed by atoms with Crippen molar-refractivity contribution in [2.45, 2.75) is 45.8 Å². The lowest BCUT2D eigenvalue weighted by molar-refractivity contribution is 0.199. The van der Waals surface area contributed by atoms with Gasteiger partial charge in [0.1, 0.15) is 11.9 Å². The number of ether oxygens (including phenoxy) is 1. The van der Waals surface area contributed by atoms with Crippen LogP contribution in [-0.4, -0.2) is 51.9 Å². The number of halogens is 2. The van der Waals surface area contributed by atoms with E-state index in [9.17, 15) is 8.42 Å². The van der Waals surface area contributed by atoms with Crippen LogP contribution in [0.5, 0.6) is 5.75 Å². The summed E-state index contributed by atoms with van der Waals surface area (Å²) in [6.07, 6.45) is 1.84. The molecule has 162 valence electrons. The first-order valence-electron chi connectivity index (χ1n) is 8.98. The molecular weight excluding hydrogens is 515 g/mol. The van der Waals surface area contributed by atoms with Crippen LogP contribution in [0.2, 0.25) is 5.02 Å². The minimum absolute atomic E-state index is 0. The van der Waals surface area contributed by atoms with Gasteiger partial charge in [0.15, 0.2) is 5.96 Å². The molecule has 0 saturated heterocycles. The Hall–Kier alpha value is -0.780. The van der Waals surface area contributed by atoms with Crippen molar-refractivity contribution in [2.75, 3.05) is 25.9 Å². The molecule has 0 saturated carbocycles. The highest BCUT2D eigenvalue weighted by atomic mass is 127. The summed E-state index contributed by atoms with van der Waals surface area (Å²) in [6.45, 7) is 9.09. The van der Waals surface area contributed by atoms with Gasteiger partial charge in [-0.1, -0.05) is 30.7 Å². The molecule has 1 aromatic rings. The number of guanidine groups is 1. The number of para-hydroxylation sites is 1. The van der Waals surface area contributed by atoms with Crippen LogP contribution in [0, 0.1) is 0 Å². The van der Waals surface area contributed by atoms with Crippen LogP contribution in [0.25, 0.3) is 0 Å². The second-order valence-corrected chi connectivity index (χ2v) is 9.07. The van der Waals surface area contributed by atoms with E-state index in [-0.39, 0.29) is 36.6 Å². The Morgan fingerprint density at radius 2 is 1.89 bits per heavy atom. The Morgan fingerprint density at radius 1 is 1.25 bits per heavy atom. The van der Waals surface area contributed by atoms with E-state index >= 15 is 0 Å². The Balaban J connectivity index is 0.00000729. The standard InChI is InChI=1S/C18H31ClN4O3S.HI/c1-6-14(26-16-11-9-8-10-15(16)19)12-21-17(20-7-2)22-13-18(3,4)23-27(5,24)25;/h8-11,14,23H,6-7,12-13H2,1-5H3,(H2,20,21,22);1H. The van der Waals surface area contributed by atoms with E-state index in [0.717, 1.165) is 12.7 Å². The number of aliphatic imine (C=N–C) groups is 1. The molecule has 1 unspecified atom stereocenters. The minimum Gasteiger partial charge on any atom is -0.487 e. The van der Waals surface area contributed by atoms with Crippen molar-refractivity contribution in [3.05, 3.63) is 29.3 Å². The number of rotatable bonds is 10. The highest BCUT2D eigenvalue weighted by Gasteiger charge is 2.22. The Labute approximate surface area is 191 Å². The Bertz CT molecular complexity index is 729. The quantitative estimate of drug-likeness (QED) is 0.238. The number of nitrogens with zero attached hydrogens (tertiary/aromatic N) is 1. The van der Waals surface area contributed by atoms with Gasteiger partial charge in [-0.15, -0.1) is 24.0 Å². The second-order valence-electron chi connectivity index (χ2n) is 6.91. The zero-order chi connectivity index (χ0) is 20.5. The molecule has 0 aromatic heterocycles. The molecule has 0 amide bonds. The van der Waals surface area contributed by atoms with Crippen molar-refractivity contribution in [2.24, 2.45) is 4.99 Å². The van der Waals surface area contributed by atoms with Crippen molar-refractivity contribution in [1.29, 1.82) is 0 Å². The number of sulfonamides is 1. The number of nitrogens with one attached hydrogen (secondary N) is 3. The fraction of sp³-hybridized carbons (Fsp3) is 0.611. The highest BCUT2D eigenvalue weighted by Crippen LogP contribution is 2.24. The van der Waals surface area contributed by atoms with Gasteiger partial charge in [0, 0.05) is 12.1 Å². The van der Waals surface area contributed by atoms with Gasteiger partial charge in [-0.05, 0) is 39.3 Å².